The number of hydrogen-bond donors (Lipinski definition) is 1. The van der Waals surface area contributed by atoms with Crippen molar-refractivity contribution in [3.8, 4) is 5.75 Å². The first-order valence-corrected chi connectivity index (χ1v) is 8.51. The van der Waals surface area contributed by atoms with Crippen LogP contribution in [0.5, 0.6) is 5.75 Å². The zero-order valence-corrected chi connectivity index (χ0v) is 14.9. The van der Waals surface area contributed by atoms with Crippen molar-refractivity contribution < 1.29 is 9.53 Å². The maximum atomic E-state index is 12.6. The van der Waals surface area contributed by atoms with E-state index < -0.39 is 0 Å². The summed E-state index contributed by atoms with van der Waals surface area (Å²) < 4.78 is 7.33. The molecule has 0 saturated heterocycles. The molecule has 25 heavy (non-hydrogen) atoms. The van der Waals surface area contributed by atoms with Crippen LogP contribution in [0.15, 0.2) is 42.5 Å². The topological polar surface area (TPSA) is 56.2 Å². The van der Waals surface area contributed by atoms with Crippen LogP contribution >= 0.6 is 0 Å². The molecule has 5 heteroatoms. The maximum absolute atomic E-state index is 12.6. The number of anilines is 1. The van der Waals surface area contributed by atoms with Gasteiger partial charge in [-0.3, -0.25) is 4.79 Å². The number of carbonyl (C=O) groups excluding carboxylic acids is 1. The number of nitrogens with one attached hydrogen (secondary N) is 1. The van der Waals surface area contributed by atoms with E-state index in [1.165, 1.54) is 0 Å². The fourth-order valence-electron chi connectivity index (χ4n) is 2.97. The van der Waals surface area contributed by atoms with E-state index in [1.807, 2.05) is 54.0 Å². The zero-order valence-electron chi connectivity index (χ0n) is 14.9. The average molecular weight is 337 g/mol. The predicted octanol–water partition coefficient (Wildman–Crippen LogP) is 3.94. The van der Waals surface area contributed by atoms with Gasteiger partial charge in [0.15, 0.2) is 0 Å². The van der Waals surface area contributed by atoms with Crippen molar-refractivity contribution in [2.45, 2.75) is 33.2 Å². The van der Waals surface area contributed by atoms with Crippen LogP contribution in [0.2, 0.25) is 0 Å². The van der Waals surface area contributed by atoms with Gasteiger partial charge < -0.3 is 14.6 Å². The van der Waals surface area contributed by atoms with Gasteiger partial charge in [-0.15, -0.1) is 0 Å². The lowest BCUT2D eigenvalue weighted by Gasteiger charge is -2.13. The SMILES string of the molecule is CCCc1nc2ccccc2n1CC(=O)Nc1cc(C)ccc1OC. The van der Waals surface area contributed by atoms with Gasteiger partial charge in [-0.1, -0.05) is 25.1 Å². The molecule has 0 atom stereocenters. The summed E-state index contributed by atoms with van der Waals surface area (Å²) in [6, 6.07) is 13.6. The number of imidazole rings is 1. The first-order chi connectivity index (χ1) is 12.1. The summed E-state index contributed by atoms with van der Waals surface area (Å²) in [5.74, 6) is 1.50. The summed E-state index contributed by atoms with van der Waals surface area (Å²) in [6.07, 6.45) is 1.83. The van der Waals surface area contributed by atoms with Gasteiger partial charge in [0.25, 0.3) is 0 Å². The fourth-order valence-corrected chi connectivity index (χ4v) is 2.97. The van der Waals surface area contributed by atoms with Crippen molar-refractivity contribution >= 4 is 22.6 Å². The smallest absolute Gasteiger partial charge is 0.244 e. The number of amides is 1. The lowest BCUT2D eigenvalue weighted by Crippen LogP contribution is -2.20. The molecule has 130 valence electrons. The van der Waals surface area contributed by atoms with Crippen LogP contribution in [0.3, 0.4) is 0 Å². The van der Waals surface area contributed by atoms with E-state index in [2.05, 4.69) is 17.2 Å². The summed E-state index contributed by atoms with van der Waals surface area (Å²) in [6.45, 7) is 4.33. The third-order valence-corrected chi connectivity index (χ3v) is 4.14. The number of benzene rings is 2. The molecule has 1 amide bonds. The van der Waals surface area contributed by atoms with Crippen LogP contribution in [-0.4, -0.2) is 22.6 Å². The first kappa shape index (κ1) is 17.0. The molecule has 1 N–H and O–H groups in total. The highest BCUT2D eigenvalue weighted by Crippen LogP contribution is 2.25. The van der Waals surface area contributed by atoms with Gasteiger partial charge in [-0.05, 0) is 43.2 Å². The number of methoxy groups -OCH3 is 1. The lowest BCUT2D eigenvalue weighted by molar-refractivity contribution is -0.116. The van der Waals surface area contributed by atoms with Gasteiger partial charge in [0.1, 0.15) is 18.1 Å². The summed E-state index contributed by atoms with van der Waals surface area (Å²) in [5, 5.41) is 2.96. The first-order valence-electron chi connectivity index (χ1n) is 8.51. The Labute approximate surface area is 147 Å². The Morgan fingerprint density at radius 2 is 2.04 bits per heavy atom. The van der Waals surface area contributed by atoms with Crippen LogP contribution in [0.25, 0.3) is 11.0 Å². The number of fused-ring (bicyclic) bond motifs is 1. The van der Waals surface area contributed by atoms with E-state index in [0.717, 1.165) is 35.3 Å². The van der Waals surface area contributed by atoms with Gasteiger partial charge >= 0.3 is 0 Å². The van der Waals surface area contributed by atoms with Crippen molar-refractivity contribution in [2.24, 2.45) is 0 Å². The van der Waals surface area contributed by atoms with Crippen LogP contribution in [0, 0.1) is 6.92 Å². The molecule has 0 radical (unpaired) electrons. The summed E-state index contributed by atoms with van der Waals surface area (Å²) in [7, 11) is 1.60. The van der Waals surface area contributed by atoms with Crippen LogP contribution in [0.1, 0.15) is 24.7 Å². The third-order valence-electron chi connectivity index (χ3n) is 4.14. The van der Waals surface area contributed by atoms with E-state index in [4.69, 9.17) is 4.74 Å². The lowest BCUT2D eigenvalue weighted by atomic mass is 10.2. The number of aromatic nitrogens is 2. The highest BCUT2D eigenvalue weighted by atomic mass is 16.5. The summed E-state index contributed by atoms with van der Waals surface area (Å²) >= 11 is 0. The molecule has 3 aromatic rings. The molecule has 2 aromatic carbocycles. The standard InChI is InChI=1S/C20H23N3O2/c1-4-7-19-21-15-8-5-6-9-17(15)23(19)13-20(24)22-16-12-14(2)10-11-18(16)25-3/h5-6,8-12H,4,7,13H2,1-3H3,(H,22,24). The van der Waals surface area contributed by atoms with Crippen molar-refractivity contribution in [3.63, 3.8) is 0 Å². The third kappa shape index (κ3) is 3.65. The Bertz CT molecular complexity index is 899. The van der Waals surface area contributed by atoms with E-state index in [0.29, 0.717) is 11.4 Å². The second-order valence-electron chi connectivity index (χ2n) is 6.10. The molecule has 0 aliphatic heterocycles. The number of ether oxygens (including phenoxy) is 1. The molecule has 0 bridgehead atoms. The molecule has 0 spiro atoms. The van der Waals surface area contributed by atoms with Gasteiger partial charge in [-0.25, -0.2) is 4.98 Å². The Hall–Kier alpha value is -2.82. The minimum Gasteiger partial charge on any atom is -0.495 e. The normalized spacial score (nSPS) is 10.8. The number of carbonyl (C=O) groups is 1. The molecule has 1 heterocycles. The Morgan fingerprint density at radius 3 is 2.80 bits per heavy atom. The van der Waals surface area contributed by atoms with Crippen molar-refractivity contribution in [2.75, 3.05) is 12.4 Å². The van der Waals surface area contributed by atoms with Crippen LogP contribution in [0.4, 0.5) is 5.69 Å². The molecule has 0 fully saturated rings. The Kier molecular flexibility index (Phi) is 5.03. The van der Waals surface area contributed by atoms with E-state index in [-0.39, 0.29) is 12.5 Å². The largest absolute Gasteiger partial charge is 0.495 e. The molecule has 0 aliphatic rings. The molecule has 0 aliphatic carbocycles. The predicted molar refractivity (Wildman–Crippen MR) is 100 cm³/mol. The summed E-state index contributed by atoms with van der Waals surface area (Å²) in [5.41, 5.74) is 3.66. The number of para-hydroxylation sites is 2. The van der Waals surface area contributed by atoms with Gasteiger partial charge in [0.2, 0.25) is 5.91 Å². The highest BCUT2D eigenvalue weighted by Gasteiger charge is 2.14. The fraction of sp³-hybridized carbons (Fsp3) is 0.300. The Balaban J connectivity index is 1.87. The number of rotatable bonds is 6. The van der Waals surface area contributed by atoms with Crippen molar-refractivity contribution in [3.05, 3.63) is 53.9 Å². The number of hydrogen-bond acceptors (Lipinski definition) is 3. The quantitative estimate of drug-likeness (QED) is 0.741. The molecule has 0 saturated carbocycles. The Morgan fingerprint density at radius 1 is 1.24 bits per heavy atom. The number of aryl methyl sites for hydroxylation is 2. The maximum Gasteiger partial charge on any atom is 0.244 e. The minimum atomic E-state index is -0.0931. The second-order valence-corrected chi connectivity index (χ2v) is 6.10. The van der Waals surface area contributed by atoms with Crippen molar-refractivity contribution in [1.82, 2.24) is 9.55 Å². The molecular weight excluding hydrogens is 314 g/mol. The molecule has 3 rings (SSSR count). The van der Waals surface area contributed by atoms with Crippen LogP contribution in [-0.2, 0) is 17.8 Å². The zero-order chi connectivity index (χ0) is 17.8. The van der Waals surface area contributed by atoms with Crippen LogP contribution < -0.4 is 10.1 Å². The highest BCUT2D eigenvalue weighted by molar-refractivity contribution is 5.93. The molecule has 1 aromatic heterocycles. The van der Waals surface area contributed by atoms with Crippen molar-refractivity contribution in [1.29, 1.82) is 0 Å². The average Bonchev–Trinajstić information content (AvgIpc) is 2.93. The minimum absolute atomic E-state index is 0.0931. The van der Waals surface area contributed by atoms with Gasteiger partial charge in [0.05, 0.1) is 23.8 Å². The van der Waals surface area contributed by atoms with Gasteiger partial charge in [-0.2, -0.15) is 0 Å². The van der Waals surface area contributed by atoms with E-state index in [1.54, 1.807) is 7.11 Å². The monoisotopic (exact) mass is 337 g/mol. The van der Waals surface area contributed by atoms with E-state index >= 15 is 0 Å². The number of nitrogens with zero attached hydrogens (tertiary/aromatic N) is 2. The molecule has 0 unspecified atom stereocenters. The van der Waals surface area contributed by atoms with Gasteiger partial charge in [0, 0.05) is 6.42 Å². The van der Waals surface area contributed by atoms with E-state index in [9.17, 15) is 4.79 Å². The molecular formula is C20H23N3O2. The summed E-state index contributed by atoms with van der Waals surface area (Å²) in [4.78, 5) is 17.3. The second kappa shape index (κ2) is 7.38. The molecule has 5 nitrogen and oxygen atoms in total.